The first-order valence-electron chi connectivity index (χ1n) is 5.90. The monoisotopic (exact) mass is 276 g/mol. The first-order valence-corrected chi connectivity index (χ1v) is 5.90. The Kier molecular flexibility index (Phi) is 3.94. The zero-order chi connectivity index (χ0) is 14.7. The first kappa shape index (κ1) is 13.9. The van der Waals surface area contributed by atoms with Gasteiger partial charge in [0.1, 0.15) is 17.5 Å². The molecule has 0 fully saturated rings. The highest BCUT2D eigenvalue weighted by Crippen LogP contribution is 2.21. The summed E-state index contributed by atoms with van der Waals surface area (Å²) in [4.78, 5) is 0. The molecule has 2 aromatic carbocycles. The van der Waals surface area contributed by atoms with Crippen LogP contribution in [0.15, 0.2) is 30.3 Å². The maximum Gasteiger partial charge on any atom is 0.146 e. The number of hydrogen-bond donors (Lipinski definition) is 1. The van der Waals surface area contributed by atoms with Gasteiger partial charge in [-0.25, -0.2) is 13.2 Å². The normalized spacial score (nSPS) is 10.2. The largest absolute Gasteiger partial charge is 0.378 e. The number of anilines is 1. The Balaban J connectivity index is 2.26. The smallest absolute Gasteiger partial charge is 0.146 e. The van der Waals surface area contributed by atoms with E-state index in [1.54, 1.807) is 25.1 Å². The van der Waals surface area contributed by atoms with Gasteiger partial charge in [0.05, 0.1) is 17.3 Å². The van der Waals surface area contributed by atoms with Gasteiger partial charge in [-0.1, -0.05) is 12.1 Å². The molecule has 0 radical (unpaired) electrons. The van der Waals surface area contributed by atoms with Gasteiger partial charge in [0.2, 0.25) is 0 Å². The van der Waals surface area contributed by atoms with Crippen molar-refractivity contribution in [2.75, 3.05) is 5.32 Å². The molecule has 0 aliphatic rings. The molecular weight excluding hydrogens is 265 g/mol. The lowest BCUT2D eigenvalue weighted by molar-refractivity contribution is 0.558. The molecule has 0 saturated carbocycles. The highest BCUT2D eigenvalue weighted by molar-refractivity contribution is 5.52. The van der Waals surface area contributed by atoms with Gasteiger partial charge in [-0.15, -0.1) is 0 Å². The Labute approximate surface area is 114 Å². The maximum absolute atomic E-state index is 13.7. The summed E-state index contributed by atoms with van der Waals surface area (Å²) in [6.07, 6.45) is 0. The highest BCUT2D eigenvalue weighted by atomic mass is 19.1. The second-order valence-corrected chi connectivity index (χ2v) is 4.32. The molecule has 0 bridgehead atoms. The van der Waals surface area contributed by atoms with Crippen molar-refractivity contribution in [3.8, 4) is 6.07 Å². The summed E-state index contributed by atoms with van der Waals surface area (Å²) in [5.74, 6) is -2.15. The predicted octanol–water partition coefficient (Wildman–Crippen LogP) is 3.90. The minimum absolute atomic E-state index is 0.0918. The molecule has 2 aromatic rings. The fraction of sp³-hybridized carbons (Fsp3) is 0.133. The van der Waals surface area contributed by atoms with Gasteiger partial charge in [0, 0.05) is 12.1 Å². The van der Waals surface area contributed by atoms with Crippen LogP contribution in [-0.2, 0) is 6.54 Å². The van der Waals surface area contributed by atoms with Crippen LogP contribution in [0.4, 0.5) is 18.9 Å². The Morgan fingerprint density at radius 3 is 2.30 bits per heavy atom. The molecular formula is C15H11F3N2. The van der Waals surface area contributed by atoms with Crippen molar-refractivity contribution in [2.45, 2.75) is 13.5 Å². The fourth-order valence-electron chi connectivity index (χ4n) is 1.87. The van der Waals surface area contributed by atoms with Crippen LogP contribution < -0.4 is 5.32 Å². The molecule has 0 aliphatic carbocycles. The Hall–Kier alpha value is -2.48. The van der Waals surface area contributed by atoms with Crippen LogP contribution in [0.1, 0.15) is 16.7 Å². The summed E-state index contributed by atoms with van der Waals surface area (Å²) in [5.41, 5.74) is 0.521. The molecule has 0 atom stereocenters. The van der Waals surface area contributed by atoms with E-state index in [1.807, 2.05) is 0 Å². The molecule has 5 heteroatoms. The summed E-state index contributed by atoms with van der Waals surface area (Å²) in [6, 6.07) is 8.08. The minimum atomic E-state index is -0.831. The van der Waals surface area contributed by atoms with Crippen LogP contribution in [-0.4, -0.2) is 0 Å². The molecule has 0 aliphatic heterocycles. The van der Waals surface area contributed by atoms with Crippen molar-refractivity contribution in [3.63, 3.8) is 0 Å². The number of aryl methyl sites for hydroxylation is 1. The average molecular weight is 276 g/mol. The van der Waals surface area contributed by atoms with Gasteiger partial charge in [-0.3, -0.25) is 0 Å². The molecule has 0 saturated heterocycles. The van der Waals surface area contributed by atoms with Crippen LogP contribution in [0.3, 0.4) is 0 Å². The molecule has 2 nitrogen and oxygen atoms in total. The van der Waals surface area contributed by atoms with Crippen molar-refractivity contribution >= 4 is 5.69 Å². The van der Waals surface area contributed by atoms with Crippen LogP contribution in [0.5, 0.6) is 0 Å². The second kappa shape index (κ2) is 5.66. The molecule has 0 spiro atoms. The third-order valence-corrected chi connectivity index (χ3v) is 2.93. The van der Waals surface area contributed by atoms with E-state index in [1.165, 1.54) is 6.07 Å². The van der Waals surface area contributed by atoms with Crippen molar-refractivity contribution in [1.82, 2.24) is 0 Å². The van der Waals surface area contributed by atoms with E-state index in [-0.39, 0.29) is 23.4 Å². The van der Waals surface area contributed by atoms with Crippen molar-refractivity contribution < 1.29 is 13.2 Å². The topological polar surface area (TPSA) is 35.8 Å². The van der Waals surface area contributed by atoms with E-state index in [9.17, 15) is 13.2 Å². The average Bonchev–Trinajstić information content (AvgIpc) is 2.40. The quantitative estimate of drug-likeness (QED) is 0.923. The predicted molar refractivity (Wildman–Crippen MR) is 69.5 cm³/mol. The van der Waals surface area contributed by atoms with E-state index < -0.39 is 17.5 Å². The number of benzene rings is 2. The Morgan fingerprint density at radius 1 is 1.10 bits per heavy atom. The number of nitrogens with one attached hydrogen (secondary N) is 1. The van der Waals surface area contributed by atoms with Crippen LogP contribution in [0.25, 0.3) is 0 Å². The Bertz CT molecular complexity index is 647. The van der Waals surface area contributed by atoms with Crippen molar-refractivity contribution in [2.24, 2.45) is 0 Å². The Morgan fingerprint density at radius 2 is 1.75 bits per heavy atom. The lowest BCUT2D eigenvalue weighted by Gasteiger charge is -2.12. The molecule has 0 aromatic heterocycles. The zero-order valence-electron chi connectivity index (χ0n) is 10.7. The van der Waals surface area contributed by atoms with Crippen molar-refractivity contribution in [1.29, 1.82) is 5.26 Å². The van der Waals surface area contributed by atoms with E-state index in [2.05, 4.69) is 5.32 Å². The number of nitriles is 1. The molecule has 2 rings (SSSR count). The summed E-state index contributed by atoms with van der Waals surface area (Å²) < 4.78 is 40.9. The van der Waals surface area contributed by atoms with Gasteiger partial charge in [0.25, 0.3) is 0 Å². The molecule has 0 heterocycles. The fourth-order valence-corrected chi connectivity index (χ4v) is 1.87. The second-order valence-electron chi connectivity index (χ2n) is 4.32. The number of hydrogen-bond acceptors (Lipinski definition) is 2. The SMILES string of the molecule is Cc1cccc(F)c1NCc1c(F)cc(C#N)cc1F. The molecule has 1 N–H and O–H groups in total. The van der Waals surface area contributed by atoms with Crippen LogP contribution >= 0.6 is 0 Å². The van der Waals surface area contributed by atoms with Gasteiger partial charge in [-0.05, 0) is 30.7 Å². The third kappa shape index (κ3) is 2.75. The molecule has 102 valence electrons. The molecule has 0 amide bonds. The number of rotatable bonds is 3. The van der Waals surface area contributed by atoms with Gasteiger partial charge >= 0.3 is 0 Å². The maximum atomic E-state index is 13.7. The number of para-hydroxylation sites is 1. The summed E-state index contributed by atoms with van der Waals surface area (Å²) in [6.45, 7) is 1.49. The highest BCUT2D eigenvalue weighted by Gasteiger charge is 2.12. The lowest BCUT2D eigenvalue weighted by atomic mass is 10.1. The van der Waals surface area contributed by atoms with Gasteiger partial charge < -0.3 is 5.32 Å². The van der Waals surface area contributed by atoms with Gasteiger partial charge in [0.15, 0.2) is 0 Å². The number of nitrogens with zero attached hydrogens (tertiary/aromatic N) is 1. The lowest BCUT2D eigenvalue weighted by Crippen LogP contribution is -2.07. The first-order chi connectivity index (χ1) is 9.52. The van der Waals surface area contributed by atoms with Crippen LogP contribution in [0, 0.1) is 35.7 Å². The number of halogens is 3. The molecule has 0 unspecified atom stereocenters. The minimum Gasteiger partial charge on any atom is -0.378 e. The molecule has 20 heavy (non-hydrogen) atoms. The standard InChI is InChI=1S/C15H11F3N2/c1-9-3-2-4-12(16)15(9)20-8-11-13(17)5-10(7-19)6-14(11)18/h2-6,20H,8H2,1H3. The van der Waals surface area contributed by atoms with Crippen molar-refractivity contribution in [3.05, 3.63) is 64.5 Å². The van der Waals surface area contributed by atoms with E-state index in [4.69, 9.17) is 5.26 Å². The third-order valence-electron chi connectivity index (χ3n) is 2.93. The summed E-state index contributed by atoms with van der Waals surface area (Å²) in [5, 5.41) is 11.3. The van der Waals surface area contributed by atoms with E-state index in [0.717, 1.165) is 12.1 Å². The van der Waals surface area contributed by atoms with E-state index in [0.29, 0.717) is 5.56 Å². The summed E-state index contributed by atoms with van der Waals surface area (Å²) >= 11 is 0. The van der Waals surface area contributed by atoms with Crippen LogP contribution in [0.2, 0.25) is 0 Å². The summed E-state index contributed by atoms with van der Waals surface area (Å²) in [7, 11) is 0. The zero-order valence-corrected chi connectivity index (χ0v) is 10.7. The van der Waals surface area contributed by atoms with E-state index >= 15 is 0 Å². The van der Waals surface area contributed by atoms with Gasteiger partial charge in [-0.2, -0.15) is 5.26 Å².